The van der Waals surface area contributed by atoms with Gasteiger partial charge >= 0.3 is 15.6 Å². The number of rotatable bonds is 4. The summed E-state index contributed by atoms with van der Waals surface area (Å²) in [6.07, 6.45) is 0. The van der Waals surface area contributed by atoms with Crippen molar-refractivity contribution in [2.24, 2.45) is 0 Å². The van der Waals surface area contributed by atoms with E-state index in [2.05, 4.69) is 9.05 Å². The van der Waals surface area contributed by atoms with Crippen LogP contribution in [0.3, 0.4) is 0 Å². The zero-order valence-corrected chi connectivity index (χ0v) is 7.31. The third kappa shape index (κ3) is 12.8. The van der Waals surface area contributed by atoms with Gasteiger partial charge in [-0.1, -0.05) is 0 Å². The second-order valence-electron chi connectivity index (χ2n) is 1.36. The summed E-state index contributed by atoms with van der Waals surface area (Å²) in [5, 5.41) is 0. The molecule has 0 unspecified atom stereocenters. The van der Waals surface area contributed by atoms with E-state index in [0.29, 0.717) is 0 Å². The highest BCUT2D eigenvalue weighted by Gasteiger charge is 2.18. The van der Waals surface area contributed by atoms with Crippen molar-refractivity contribution in [2.75, 3.05) is 6.79 Å². The summed E-state index contributed by atoms with van der Waals surface area (Å²) in [4.78, 5) is 31.9. The van der Waals surface area contributed by atoms with Gasteiger partial charge in [0.15, 0.2) is 6.79 Å². The van der Waals surface area contributed by atoms with E-state index in [9.17, 15) is 9.13 Å². The molecule has 0 saturated heterocycles. The highest BCUT2D eigenvalue weighted by atomic mass is 31.2. The Bertz CT molecular complexity index is 175. The molecule has 6 N–H and O–H groups in total. The van der Waals surface area contributed by atoms with E-state index in [1.54, 1.807) is 0 Å². The summed E-state index contributed by atoms with van der Waals surface area (Å²) < 4.78 is 26.8. The fourth-order valence-electron chi connectivity index (χ4n) is 0.161. The fraction of sp³-hybridized carbons (Fsp3) is 1.00. The van der Waals surface area contributed by atoms with Crippen molar-refractivity contribution < 1.29 is 43.2 Å². The first-order valence-electron chi connectivity index (χ1n) is 2.11. The molecule has 0 spiro atoms. The van der Waals surface area contributed by atoms with E-state index in [-0.39, 0.29) is 5.48 Å². The summed E-state index contributed by atoms with van der Waals surface area (Å²) in [5.74, 6) is 0. The van der Waals surface area contributed by atoms with Gasteiger partial charge in [0.05, 0.1) is 0 Å². The Hall–Kier alpha value is 0.180. The minimum atomic E-state index is -4.72. The minimum Gasteiger partial charge on any atom is -0.412 e. The topological polar surface area (TPSA) is 165 Å². The fourth-order valence-corrected chi connectivity index (χ4v) is 0.624. The van der Waals surface area contributed by atoms with Gasteiger partial charge < -0.3 is 25.0 Å². The Morgan fingerprint density at radius 1 is 0.917 bits per heavy atom. The summed E-state index contributed by atoms with van der Waals surface area (Å²) in [5.41, 5.74) is 0. The largest absolute Gasteiger partial charge is 0.471 e. The van der Waals surface area contributed by atoms with Gasteiger partial charge in [0, 0.05) is 0 Å². The molecule has 0 fully saturated rings. The highest BCUT2D eigenvalue weighted by molar-refractivity contribution is 7.47. The van der Waals surface area contributed by atoms with Crippen LogP contribution in [0, 0.1) is 0 Å². The molecule has 76 valence electrons. The van der Waals surface area contributed by atoms with Crippen LogP contribution >= 0.6 is 15.6 Å². The molecule has 11 heteroatoms. The van der Waals surface area contributed by atoms with Gasteiger partial charge in [-0.05, 0) is 0 Å². The van der Waals surface area contributed by atoms with Crippen molar-refractivity contribution >= 4 is 15.6 Å². The van der Waals surface area contributed by atoms with Gasteiger partial charge in [-0.25, -0.2) is 9.13 Å². The normalized spacial score (nSPS) is 12.3. The van der Waals surface area contributed by atoms with Gasteiger partial charge in [-0.3, -0.25) is 9.05 Å². The molecule has 0 aromatic heterocycles. The quantitative estimate of drug-likeness (QED) is 0.326. The number of phosphoric acid groups is 2. The van der Waals surface area contributed by atoms with E-state index < -0.39 is 22.4 Å². The molecule has 0 aromatic rings. The maximum absolute atomic E-state index is 9.86. The molecule has 0 aromatic carbocycles. The lowest BCUT2D eigenvalue weighted by Crippen LogP contribution is -1.95. The summed E-state index contributed by atoms with van der Waals surface area (Å²) >= 11 is 0. The lowest BCUT2D eigenvalue weighted by molar-refractivity contribution is 0.0582. The average Bonchev–Trinajstić information content (AvgIpc) is 1.55. The average molecular weight is 226 g/mol. The van der Waals surface area contributed by atoms with E-state index in [1.807, 2.05) is 0 Å². The van der Waals surface area contributed by atoms with Crippen LogP contribution in [0.5, 0.6) is 0 Å². The molecular formula is CH8O9P2. The molecule has 0 bridgehead atoms. The van der Waals surface area contributed by atoms with Crippen LogP contribution in [0.2, 0.25) is 0 Å². The van der Waals surface area contributed by atoms with Gasteiger partial charge in [0.1, 0.15) is 0 Å². The minimum absolute atomic E-state index is 0. The molecule has 9 nitrogen and oxygen atoms in total. The molecule has 0 saturated carbocycles. The molecule has 0 amide bonds. The van der Waals surface area contributed by atoms with Crippen molar-refractivity contribution in [2.45, 2.75) is 0 Å². The van der Waals surface area contributed by atoms with Crippen LogP contribution in [0.15, 0.2) is 0 Å². The first-order valence-corrected chi connectivity index (χ1v) is 5.17. The molecule has 0 aliphatic carbocycles. The van der Waals surface area contributed by atoms with Gasteiger partial charge in [0.2, 0.25) is 0 Å². The number of hydrogen-bond acceptors (Lipinski definition) is 4. The molecule has 0 aliphatic heterocycles. The zero-order valence-electron chi connectivity index (χ0n) is 5.52. The highest BCUT2D eigenvalue weighted by Crippen LogP contribution is 2.40. The molecule has 12 heavy (non-hydrogen) atoms. The SMILES string of the molecule is O.O=P(O)(O)OCOP(=O)(O)O. The Balaban J connectivity index is 0. The first kappa shape index (κ1) is 14.7. The van der Waals surface area contributed by atoms with Crippen LogP contribution in [0.25, 0.3) is 0 Å². The van der Waals surface area contributed by atoms with Crippen LogP contribution in [-0.2, 0) is 18.2 Å². The Labute approximate surface area is 66.7 Å². The summed E-state index contributed by atoms with van der Waals surface area (Å²) in [6, 6.07) is 0. The molecule has 0 atom stereocenters. The van der Waals surface area contributed by atoms with Crippen LogP contribution in [0.1, 0.15) is 0 Å². The maximum Gasteiger partial charge on any atom is 0.471 e. The monoisotopic (exact) mass is 226 g/mol. The third-order valence-electron chi connectivity index (χ3n) is 0.442. The third-order valence-corrected chi connectivity index (χ3v) is 1.33. The van der Waals surface area contributed by atoms with Gasteiger partial charge in [-0.2, -0.15) is 0 Å². The Kier molecular flexibility index (Phi) is 6.16. The van der Waals surface area contributed by atoms with E-state index >= 15 is 0 Å². The van der Waals surface area contributed by atoms with Crippen molar-refractivity contribution in [3.8, 4) is 0 Å². The molecule has 0 radical (unpaired) electrons. The summed E-state index contributed by atoms with van der Waals surface area (Å²) in [7, 11) is -9.44. The first-order chi connectivity index (χ1) is 4.71. The van der Waals surface area contributed by atoms with E-state index in [4.69, 9.17) is 19.6 Å². The van der Waals surface area contributed by atoms with Gasteiger partial charge in [0.25, 0.3) is 0 Å². The number of hydrogen-bond donors (Lipinski definition) is 4. The zero-order chi connectivity index (χ0) is 9.12. The molecule has 0 aliphatic rings. The lowest BCUT2D eigenvalue weighted by Gasteiger charge is -2.05. The Morgan fingerprint density at radius 3 is 1.33 bits per heavy atom. The predicted molar refractivity (Wildman–Crippen MR) is 34.7 cm³/mol. The van der Waals surface area contributed by atoms with Crippen LogP contribution in [-0.4, -0.2) is 31.8 Å². The number of phosphoric ester groups is 2. The second-order valence-corrected chi connectivity index (χ2v) is 3.84. The van der Waals surface area contributed by atoms with Gasteiger partial charge in [-0.15, -0.1) is 0 Å². The maximum atomic E-state index is 9.86. The van der Waals surface area contributed by atoms with E-state index in [1.165, 1.54) is 0 Å². The Morgan fingerprint density at radius 2 is 1.17 bits per heavy atom. The second kappa shape index (κ2) is 5.03. The van der Waals surface area contributed by atoms with Crippen molar-refractivity contribution in [1.29, 1.82) is 0 Å². The van der Waals surface area contributed by atoms with Crippen molar-refractivity contribution in [1.82, 2.24) is 0 Å². The van der Waals surface area contributed by atoms with Crippen LogP contribution in [0.4, 0.5) is 0 Å². The van der Waals surface area contributed by atoms with Crippen molar-refractivity contribution in [3.05, 3.63) is 0 Å². The molecule has 0 rings (SSSR count). The van der Waals surface area contributed by atoms with E-state index in [0.717, 1.165) is 0 Å². The van der Waals surface area contributed by atoms with Crippen molar-refractivity contribution in [3.63, 3.8) is 0 Å². The summed E-state index contributed by atoms with van der Waals surface area (Å²) in [6.45, 7) is -1.16. The smallest absolute Gasteiger partial charge is 0.412 e. The lowest BCUT2D eigenvalue weighted by atomic mass is 11.6. The molecule has 0 heterocycles. The standard InChI is InChI=1S/CH6O8P2.H2O/c2-10(3,4)8-1-9-11(5,6)7;/h1H2,(H2,2,3,4)(H2,5,6,7);1H2. The molecular weight excluding hydrogens is 218 g/mol. The van der Waals surface area contributed by atoms with Crippen LogP contribution < -0.4 is 0 Å². The predicted octanol–water partition coefficient (Wildman–Crippen LogP) is -1.66.